The summed E-state index contributed by atoms with van der Waals surface area (Å²) < 4.78 is 0. The van der Waals surface area contributed by atoms with Crippen molar-refractivity contribution in [3.05, 3.63) is 10.6 Å². The van der Waals surface area contributed by atoms with Crippen LogP contribution in [0.3, 0.4) is 0 Å². The Morgan fingerprint density at radius 1 is 1.62 bits per heavy atom. The number of nitrogens with one attached hydrogen (secondary N) is 1. The Bertz CT molecular complexity index is 385. The highest BCUT2D eigenvalue weighted by atomic mass is 32.1. The summed E-state index contributed by atoms with van der Waals surface area (Å²) in [6.45, 7) is 2.69. The van der Waals surface area contributed by atoms with Crippen LogP contribution in [0.4, 0.5) is 5.13 Å². The normalized spacial score (nSPS) is 15.8. The van der Waals surface area contributed by atoms with Gasteiger partial charge in [0.2, 0.25) is 0 Å². The molecule has 0 unspecified atom stereocenters. The van der Waals surface area contributed by atoms with Crippen LogP contribution < -0.4 is 5.32 Å². The van der Waals surface area contributed by atoms with Gasteiger partial charge >= 0.3 is 5.97 Å². The molecular formula is C11H16N2O2S. The number of aryl methyl sites for hydroxylation is 1. The van der Waals surface area contributed by atoms with Gasteiger partial charge < -0.3 is 10.4 Å². The van der Waals surface area contributed by atoms with Crippen molar-refractivity contribution in [1.82, 2.24) is 4.98 Å². The van der Waals surface area contributed by atoms with Gasteiger partial charge in [-0.1, -0.05) is 19.3 Å². The second kappa shape index (κ2) is 4.82. The first-order valence-corrected chi connectivity index (χ1v) is 6.43. The Balaban J connectivity index is 1.84. The molecule has 0 radical (unpaired) electrons. The van der Waals surface area contributed by atoms with Crippen molar-refractivity contribution in [2.24, 2.45) is 5.92 Å². The van der Waals surface area contributed by atoms with Gasteiger partial charge in [-0.25, -0.2) is 9.78 Å². The zero-order valence-electron chi connectivity index (χ0n) is 9.32. The van der Waals surface area contributed by atoms with E-state index in [2.05, 4.69) is 10.3 Å². The number of rotatable bonds is 5. The lowest BCUT2D eigenvalue weighted by molar-refractivity contribution is 0.0690. The number of anilines is 1. The molecule has 1 aliphatic rings. The van der Waals surface area contributed by atoms with Gasteiger partial charge in [-0.3, -0.25) is 0 Å². The summed E-state index contributed by atoms with van der Waals surface area (Å²) >= 11 is 1.42. The standard InChI is InChI=1S/C11H16N2O2S/c1-7-9(10(14)15)13-11(16-7)12-6-5-8-3-2-4-8/h8H,2-6H2,1H3,(H,12,13)(H,14,15). The number of hydrogen-bond donors (Lipinski definition) is 2. The van der Waals surface area contributed by atoms with E-state index in [-0.39, 0.29) is 5.69 Å². The Kier molecular flexibility index (Phi) is 3.43. The maximum absolute atomic E-state index is 10.8. The van der Waals surface area contributed by atoms with Gasteiger partial charge in [-0.15, -0.1) is 11.3 Å². The minimum atomic E-state index is -0.944. The molecule has 1 saturated carbocycles. The van der Waals surface area contributed by atoms with Gasteiger partial charge in [0, 0.05) is 11.4 Å². The van der Waals surface area contributed by atoms with E-state index < -0.39 is 5.97 Å². The van der Waals surface area contributed by atoms with Crippen LogP contribution in [0.1, 0.15) is 41.0 Å². The third-order valence-electron chi connectivity index (χ3n) is 3.05. The van der Waals surface area contributed by atoms with Crippen LogP contribution >= 0.6 is 11.3 Å². The molecule has 0 bridgehead atoms. The monoisotopic (exact) mass is 240 g/mol. The van der Waals surface area contributed by atoms with Crippen LogP contribution in [0, 0.1) is 12.8 Å². The average Bonchev–Trinajstić information content (AvgIpc) is 2.51. The minimum Gasteiger partial charge on any atom is -0.476 e. The highest BCUT2D eigenvalue weighted by Gasteiger charge is 2.17. The van der Waals surface area contributed by atoms with E-state index in [1.165, 1.54) is 37.0 Å². The third kappa shape index (κ3) is 2.52. The molecule has 0 aromatic carbocycles. The Labute approximate surface area is 98.7 Å². The van der Waals surface area contributed by atoms with Crippen molar-refractivity contribution in [1.29, 1.82) is 0 Å². The van der Waals surface area contributed by atoms with Crippen molar-refractivity contribution in [3.63, 3.8) is 0 Å². The molecule has 2 N–H and O–H groups in total. The molecule has 0 spiro atoms. The Morgan fingerprint density at radius 2 is 2.38 bits per heavy atom. The number of hydrogen-bond acceptors (Lipinski definition) is 4. The zero-order chi connectivity index (χ0) is 11.5. The SMILES string of the molecule is Cc1sc(NCCC2CCC2)nc1C(=O)O. The van der Waals surface area contributed by atoms with Crippen LogP contribution in [0.2, 0.25) is 0 Å². The highest BCUT2D eigenvalue weighted by molar-refractivity contribution is 7.15. The summed E-state index contributed by atoms with van der Waals surface area (Å²) in [6, 6.07) is 0. The molecule has 0 aliphatic heterocycles. The van der Waals surface area contributed by atoms with Crippen molar-refractivity contribution in [2.45, 2.75) is 32.6 Å². The molecule has 0 atom stereocenters. The van der Waals surface area contributed by atoms with E-state index in [9.17, 15) is 4.79 Å². The number of aromatic nitrogens is 1. The van der Waals surface area contributed by atoms with Crippen LogP contribution in [0.5, 0.6) is 0 Å². The molecule has 1 aromatic rings. The topological polar surface area (TPSA) is 62.2 Å². The second-order valence-electron chi connectivity index (χ2n) is 4.24. The fourth-order valence-electron chi connectivity index (χ4n) is 1.84. The molecule has 1 aromatic heterocycles. The Morgan fingerprint density at radius 3 is 2.88 bits per heavy atom. The summed E-state index contributed by atoms with van der Waals surface area (Å²) in [4.78, 5) is 15.6. The molecule has 1 heterocycles. The minimum absolute atomic E-state index is 0.177. The van der Waals surface area contributed by atoms with Crippen molar-refractivity contribution >= 4 is 22.4 Å². The van der Waals surface area contributed by atoms with Gasteiger partial charge in [0.15, 0.2) is 10.8 Å². The second-order valence-corrected chi connectivity index (χ2v) is 5.44. The molecule has 0 amide bonds. The van der Waals surface area contributed by atoms with Gasteiger partial charge in [-0.05, 0) is 19.3 Å². The van der Waals surface area contributed by atoms with E-state index in [0.29, 0.717) is 0 Å². The summed E-state index contributed by atoms with van der Waals surface area (Å²) in [7, 11) is 0. The van der Waals surface area contributed by atoms with Crippen molar-refractivity contribution in [2.75, 3.05) is 11.9 Å². The molecule has 16 heavy (non-hydrogen) atoms. The van der Waals surface area contributed by atoms with Gasteiger partial charge in [-0.2, -0.15) is 0 Å². The fourth-order valence-corrected chi connectivity index (χ4v) is 2.67. The lowest BCUT2D eigenvalue weighted by Crippen LogP contribution is -2.15. The number of thiazole rings is 1. The summed E-state index contributed by atoms with van der Waals surface area (Å²) in [5.74, 6) is -0.0757. The van der Waals surface area contributed by atoms with E-state index in [0.717, 1.165) is 22.5 Å². The first-order valence-electron chi connectivity index (χ1n) is 5.61. The smallest absolute Gasteiger partial charge is 0.355 e. The number of carboxylic acids is 1. The third-order valence-corrected chi connectivity index (χ3v) is 3.98. The summed E-state index contributed by atoms with van der Waals surface area (Å²) in [6.07, 6.45) is 5.23. The number of carbonyl (C=O) groups is 1. The largest absolute Gasteiger partial charge is 0.476 e. The molecular weight excluding hydrogens is 224 g/mol. The predicted molar refractivity (Wildman–Crippen MR) is 64.3 cm³/mol. The highest BCUT2D eigenvalue weighted by Crippen LogP contribution is 2.29. The molecule has 1 aliphatic carbocycles. The van der Waals surface area contributed by atoms with E-state index in [1.807, 2.05) is 0 Å². The van der Waals surface area contributed by atoms with Gasteiger partial charge in [0.05, 0.1) is 0 Å². The average molecular weight is 240 g/mol. The summed E-state index contributed by atoms with van der Waals surface area (Å²) in [5, 5.41) is 12.8. The van der Waals surface area contributed by atoms with Crippen LogP contribution in [0.15, 0.2) is 0 Å². The first-order chi connectivity index (χ1) is 7.66. The van der Waals surface area contributed by atoms with Crippen molar-refractivity contribution in [3.8, 4) is 0 Å². The molecule has 2 rings (SSSR count). The van der Waals surface area contributed by atoms with Crippen LogP contribution in [-0.4, -0.2) is 22.6 Å². The van der Waals surface area contributed by atoms with Crippen molar-refractivity contribution < 1.29 is 9.90 Å². The number of nitrogens with zero attached hydrogens (tertiary/aromatic N) is 1. The van der Waals surface area contributed by atoms with E-state index >= 15 is 0 Å². The quantitative estimate of drug-likeness (QED) is 0.830. The molecule has 4 nitrogen and oxygen atoms in total. The van der Waals surface area contributed by atoms with E-state index in [4.69, 9.17) is 5.11 Å². The fraction of sp³-hybridized carbons (Fsp3) is 0.636. The van der Waals surface area contributed by atoms with Crippen LogP contribution in [0.25, 0.3) is 0 Å². The summed E-state index contributed by atoms with van der Waals surface area (Å²) in [5.41, 5.74) is 0.177. The zero-order valence-corrected chi connectivity index (χ0v) is 10.1. The Hall–Kier alpha value is -1.10. The lowest BCUT2D eigenvalue weighted by Gasteiger charge is -2.24. The lowest BCUT2D eigenvalue weighted by atomic mass is 9.83. The first kappa shape index (κ1) is 11.4. The maximum atomic E-state index is 10.8. The molecule has 88 valence electrons. The number of carboxylic acid groups (broad SMARTS) is 1. The van der Waals surface area contributed by atoms with E-state index in [1.54, 1.807) is 6.92 Å². The van der Waals surface area contributed by atoms with Crippen LogP contribution in [-0.2, 0) is 0 Å². The molecule has 0 saturated heterocycles. The maximum Gasteiger partial charge on any atom is 0.355 e. The van der Waals surface area contributed by atoms with Gasteiger partial charge in [0.25, 0.3) is 0 Å². The number of aromatic carboxylic acids is 1. The van der Waals surface area contributed by atoms with Gasteiger partial charge in [0.1, 0.15) is 0 Å². The predicted octanol–water partition coefficient (Wildman–Crippen LogP) is 2.75. The molecule has 5 heteroatoms. The molecule has 1 fully saturated rings.